The van der Waals surface area contributed by atoms with E-state index in [1.165, 1.54) is 26.4 Å². The Hall–Kier alpha value is -3.52. The lowest BCUT2D eigenvalue weighted by molar-refractivity contribution is -0.120. The summed E-state index contributed by atoms with van der Waals surface area (Å²) in [6, 6.07) is 18.6. The van der Waals surface area contributed by atoms with Crippen LogP contribution in [0.5, 0.6) is 11.5 Å². The number of amides is 1. The number of sulfonamides is 1. The first-order valence-corrected chi connectivity index (χ1v) is 12.8. The van der Waals surface area contributed by atoms with Crippen molar-refractivity contribution in [3.63, 3.8) is 0 Å². The number of rotatable bonds is 10. The number of carbonyl (C=O) groups is 1. The second kappa shape index (κ2) is 11.3. The van der Waals surface area contributed by atoms with Crippen molar-refractivity contribution in [1.29, 1.82) is 0 Å². The van der Waals surface area contributed by atoms with Crippen molar-refractivity contribution in [3.8, 4) is 11.5 Å². The van der Waals surface area contributed by atoms with Gasteiger partial charge in [0.05, 0.1) is 30.8 Å². The van der Waals surface area contributed by atoms with Crippen LogP contribution in [0.15, 0.2) is 71.6 Å². The van der Waals surface area contributed by atoms with Gasteiger partial charge in [-0.1, -0.05) is 42.8 Å². The Labute approximate surface area is 207 Å². The molecule has 1 amide bonds. The van der Waals surface area contributed by atoms with Gasteiger partial charge in [0.25, 0.3) is 10.0 Å². The Balaban J connectivity index is 1.97. The van der Waals surface area contributed by atoms with Crippen LogP contribution in [-0.2, 0) is 14.8 Å². The Morgan fingerprint density at radius 2 is 1.66 bits per heavy atom. The highest BCUT2D eigenvalue weighted by molar-refractivity contribution is 7.92. The smallest absolute Gasteiger partial charge is 0.264 e. The van der Waals surface area contributed by atoms with E-state index in [4.69, 9.17) is 9.47 Å². The number of nitrogens with zero attached hydrogens (tertiary/aromatic N) is 1. The van der Waals surface area contributed by atoms with Crippen LogP contribution < -0.4 is 19.1 Å². The van der Waals surface area contributed by atoms with Crippen molar-refractivity contribution in [2.75, 3.05) is 25.1 Å². The van der Waals surface area contributed by atoms with E-state index in [2.05, 4.69) is 11.4 Å². The number of ether oxygens (including phenoxy) is 2. The van der Waals surface area contributed by atoms with E-state index >= 15 is 0 Å². The molecular weight excluding hydrogens is 464 g/mol. The van der Waals surface area contributed by atoms with Crippen LogP contribution in [0, 0.1) is 13.8 Å². The highest BCUT2D eigenvalue weighted by atomic mass is 32.2. The Kier molecular flexibility index (Phi) is 8.40. The maximum atomic E-state index is 13.7. The summed E-state index contributed by atoms with van der Waals surface area (Å²) in [5, 5.41) is 3.02. The third-order valence-electron chi connectivity index (χ3n) is 5.83. The number of anilines is 1. The van der Waals surface area contributed by atoms with E-state index < -0.39 is 22.5 Å². The minimum absolute atomic E-state index is 0.0402. The van der Waals surface area contributed by atoms with Crippen molar-refractivity contribution in [1.82, 2.24) is 5.32 Å². The van der Waals surface area contributed by atoms with Crippen molar-refractivity contribution in [2.45, 2.75) is 38.1 Å². The fourth-order valence-electron chi connectivity index (χ4n) is 4.00. The molecule has 3 aromatic rings. The molecule has 7 nitrogen and oxygen atoms in total. The van der Waals surface area contributed by atoms with Crippen LogP contribution in [0.1, 0.15) is 36.1 Å². The van der Waals surface area contributed by atoms with Crippen molar-refractivity contribution >= 4 is 21.6 Å². The summed E-state index contributed by atoms with van der Waals surface area (Å²) < 4.78 is 39.1. The molecule has 0 aliphatic rings. The van der Waals surface area contributed by atoms with E-state index in [0.717, 1.165) is 21.0 Å². The van der Waals surface area contributed by atoms with Gasteiger partial charge >= 0.3 is 0 Å². The number of hydrogen-bond acceptors (Lipinski definition) is 5. The normalized spacial score (nSPS) is 12.0. The predicted octanol–water partition coefficient (Wildman–Crippen LogP) is 4.78. The molecule has 0 aromatic heterocycles. The van der Waals surface area contributed by atoms with Gasteiger partial charge in [-0.05, 0) is 67.8 Å². The van der Waals surface area contributed by atoms with Gasteiger partial charge in [-0.15, -0.1) is 0 Å². The maximum Gasteiger partial charge on any atom is 0.264 e. The average molecular weight is 497 g/mol. The van der Waals surface area contributed by atoms with Crippen LogP contribution in [0.2, 0.25) is 0 Å². The van der Waals surface area contributed by atoms with Crippen LogP contribution in [0.4, 0.5) is 5.69 Å². The van der Waals surface area contributed by atoms with Gasteiger partial charge in [-0.25, -0.2) is 8.42 Å². The van der Waals surface area contributed by atoms with Crippen molar-refractivity contribution in [3.05, 3.63) is 83.4 Å². The van der Waals surface area contributed by atoms with E-state index in [1.54, 1.807) is 36.4 Å². The fraction of sp³-hybridized carbons (Fsp3) is 0.296. The topological polar surface area (TPSA) is 84.9 Å². The van der Waals surface area contributed by atoms with Gasteiger partial charge in [0.1, 0.15) is 18.0 Å². The number of nitrogens with one attached hydrogen (secondary N) is 1. The highest BCUT2D eigenvalue weighted by Crippen LogP contribution is 2.32. The largest absolute Gasteiger partial charge is 0.497 e. The Bertz CT molecular complexity index is 1270. The number of carbonyl (C=O) groups excluding carboxylic acids is 1. The first-order valence-electron chi connectivity index (χ1n) is 11.4. The molecule has 0 saturated carbocycles. The number of hydrogen-bond donors (Lipinski definition) is 1. The van der Waals surface area contributed by atoms with Crippen LogP contribution >= 0.6 is 0 Å². The van der Waals surface area contributed by atoms with Gasteiger partial charge in [-0.3, -0.25) is 9.10 Å². The zero-order valence-corrected chi connectivity index (χ0v) is 21.6. The number of para-hydroxylation sites is 2. The molecule has 0 bridgehead atoms. The van der Waals surface area contributed by atoms with Crippen LogP contribution in [0.25, 0.3) is 0 Å². The lowest BCUT2D eigenvalue weighted by Gasteiger charge is -2.27. The molecular formula is C27H32N2O5S. The molecule has 0 radical (unpaired) electrons. The first-order chi connectivity index (χ1) is 16.7. The van der Waals surface area contributed by atoms with E-state index in [0.29, 0.717) is 17.9 Å². The van der Waals surface area contributed by atoms with Gasteiger partial charge in [0, 0.05) is 0 Å². The Morgan fingerprint density at radius 1 is 0.971 bits per heavy atom. The van der Waals surface area contributed by atoms with Crippen LogP contribution in [0.3, 0.4) is 0 Å². The van der Waals surface area contributed by atoms with Gasteiger partial charge in [0.2, 0.25) is 5.91 Å². The summed E-state index contributed by atoms with van der Waals surface area (Å²) in [6.45, 7) is 5.60. The molecule has 0 spiro atoms. The van der Waals surface area contributed by atoms with Crippen molar-refractivity contribution in [2.24, 2.45) is 0 Å². The van der Waals surface area contributed by atoms with Crippen molar-refractivity contribution < 1.29 is 22.7 Å². The first kappa shape index (κ1) is 26.1. The number of benzene rings is 3. The molecule has 0 heterocycles. The predicted molar refractivity (Wildman–Crippen MR) is 138 cm³/mol. The molecule has 1 atom stereocenters. The summed E-state index contributed by atoms with van der Waals surface area (Å²) in [4.78, 5) is 13.3. The standard InChI is InChI=1S/C27H32N2O5S/c1-6-24(23-16-11-19(2)17-20(23)3)28-27(30)18-29(25-9-7-8-10-26(25)34-5)35(31,32)22-14-12-21(33-4)13-15-22/h7-17,24H,6,18H2,1-5H3,(H,28,30). The summed E-state index contributed by atoms with van der Waals surface area (Å²) in [5.74, 6) is 0.461. The molecule has 0 fully saturated rings. The fourth-order valence-corrected chi connectivity index (χ4v) is 5.43. The average Bonchev–Trinajstić information content (AvgIpc) is 2.86. The molecule has 35 heavy (non-hydrogen) atoms. The summed E-state index contributed by atoms with van der Waals surface area (Å²) in [7, 11) is -1.12. The number of aryl methyl sites for hydroxylation is 2. The zero-order chi connectivity index (χ0) is 25.6. The zero-order valence-electron chi connectivity index (χ0n) is 20.7. The second-order valence-corrected chi connectivity index (χ2v) is 10.1. The quantitative estimate of drug-likeness (QED) is 0.437. The lowest BCUT2D eigenvalue weighted by Crippen LogP contribution is -2.42. The third-order valence-corrected chi connectivity index (χ3v) is 7.61. The minimum atomic E-state index is -4.09. The Morgan fingerprint density at radius 3 is 2.26 bits per heavy atom. The molecule has 0 saturated heterocycles. The maximum absolute atomic E-state index is 13.7. The monoisotopic (exact) mass is 496 g/mol. The van der Waals surface area contributed by atoms with E-state index in [-0.39, 0.29) is 16.6 Å². The van der Waals surface area contributed by atoms with Gasteiger partial charge in [0.15, 0.2) is 0 Å². The van der Waals surface area contributed by atoms with Gasteiger partial charge in [-0.2, -0.15) is 0 Å². The molecule has 1 N–H and O–H groups in total. The molecule has 1 unspecified atom stereocenters. The molecule has 3 rings (SSSR count). The molecule has 186 valence electrons. The molecule has 0 aliphatic carbocycles. The van der Waals surface area contributed by atoms with Crippen LogP contribution in [-0.4, -0.2) is 35.1 Å². The second-order valence-electron chi connectivity index (χ2n) is 8.25. The summed E-state index contributed by atoms with van der Waals surface area (Å²) in [6.07, 6.45) is 0.662. The molecule has 8 heteroatoms. The van der Waals surface area contributed by atoms with Gasteiger partial charge < -0.3 is 14.8 Å². The summed E-state index contributed by atoms with van der Waals surface area (Å²) >= 11 is 0. The minimum Gasteiger partial charge on any atom is -0.497 e. The third kappa shape index (κ3) is 5.95. The summed E-state index contributed by atoms with van der Waals surface area (Å²) in [5.41, 5.74) is 3.50. The number of methoxy groups -OCH3 is 2. The van der Waals surface area contributed by atoms with E-state index in [9.17, 15) is 13.2 Å². The SMILES string of the molecule is CCC(NC(=O)CN(c1ccccc1OC)S(=O)(=O)c1ccc(OC)cc1)c1ccc(C)cc1C. The molecule has 0 aliphatic heterocycles. The van der Waals surface area contributed by atoms with E-state index in [1.807, 2.05) is 32.9 Å². The lowest BCUT2D eigenvalue weighted by atomic mass is 9.97. The molecule has 3 aromatic carbocycles. The highest BCUT2D eigenvalue weighted by Gasteiger charge is 2.30.